The fourth-order valence-electron chi connectivity index (χ4n) is 1.66. The van der Waals surface area contributed by atoms with Gasteiger partial charge in [0.15, 0.2) is 0 Å². The lowest BCUT2D eigenvalue weighted by atomic mass is 9.97. The molecule has 4 heteroatoms. The fraction of sp³-hybridized carbons (Fsp3) is 0.800. The molecule has 0 bridgehead atoms. The summed E-state index contributed by atoms with van der Waals surface area (Å²) in [6.07, 6.45) is 2.26. The molecule has 0 unspecified atom stereocenters. The van der Waals surface area contributed by atoms with Crippen LogP contribution >= 0.6 is 0 Å². The molecule has 1 amide bonds. The van der Waals surface area contributed by atoms with Crippen molar-refractivity contribution in [3.8, 4) is 6.07 Å². The maximum absolute atomic E-state index is 11.0. The van der Waals surface area contributed by atoms with E-state index in [0.717, 1.165) is 32.5 Å². The first-order valence-electron chi connectivity index (χ1n) is 5.04. The number of nitrogens with zero attached hydrogens (tertiary/aromatic N) is 2. The van der Waals surface area contributed by atoms with E-state index in [1.54, 1.807) is 0 Å². The number of hydrogen-bond donors (Lipinski definition) is 1. The van der Waals surface area contributed by atoms with Crippen LogP contribution in [0.5, 0.6) is 0 Å². The third-order valence-electron chi connectivity index (χ3n) is 2.67. The van der Waals surface area contributed by atoms with Crippen molar-refractivity contribution in [1.29, 1.82) is 5.26 Å². The molecule has 1 N–H and O–H groups in total. The SMILES string of the molecule is CN1CCC(CNC(=O)CC#N)CC1. The number of amides is 1. The van der Waals surface area contributed by atoms with Gasteiger partial charge in [-0.3, -0.25) is 4.79 Å². The molecule has 14 heavy (non-hydrogen) atoms. The highest BCUT2D eigenvalue weighted by Gasteiger charge is 2.16. The van der Waals surface area contributed by atoms with Crippen molar-refractivity contribution in [2.45, 2.75) is 19.3 Å². The molecule has 1 heterocycles. The second kappa shape index (κ2) is 5.61. The van der Waals surface area contributed by atoms with Crippen molar-refractivity contribution in [3.63, 3.8) is 0 Å². The van der Waals surface area contributed by atoms with Gasteiger partial charge in [0.05, 0.1) is 6.07 Å². The third kappa shape index (κ3) is 3.75. The largest absolute Gasteiger partial charge is 0.355 e. The Labute approximate surface area is 84.9 Å². The van der Waals surface area contributed by atoms with Crippen molar-refractivity contribution in [1.82, 2.24) is 10.2 Å². The summed E-state index contributed by atoms with van der Waals surface area (Å²) in [6, 6.07) is 1.84. The predicted molar refractivity (Wildman–Crippen MR) is 53.5 cm³/mol. The van der Waals surface area contributed by atoms with Gasteiger partial charge in [0.2, 0.25) is 5.91 Å². The number of hydrogen-bond acceptors (Lipinski definition) is 3. The van der Waals surface area contributed by atoms with Crippen LogP contribution in [0.2, 0.25) is 0 Å². The van der Waals surface area contributed by atoms with Gasteiger partial charge in [0, 0.05) is 6.54 Å². The molecule has 0 aromatic heterocycles. The van der Waals surface area contributed by atoms with Crippen LogP contribution in [-0.4, -0.2) is 37.5 Å². The number of nitriles is 1. The minimum atomic E-state index is -0.147. The number of rotatable bonds is 3. The maximum Gasteiger partial charge on any atom is 0.234 e. The van der Waals surface area contributed by atoms with Crippen LogP contribution in [0.3, 0.4) is 0 Å². The highest BCUT2D eigenvalue weighted by Crippen LogP contribution is 2.14. The van der Waals surface area contributed by atoms with Gasteiger partial charge >= 0.3 is 0 Å². The lowest BCUT2D eigenvalue weighted by molar-refractivity contribution is -0.120. The van der Waals surface area contributed by atoms with Crippen LogP contribution in [0.25, 0.3) is 0 Å². The number of nitrogens with one attached hydrogen (secondary N) is 1. The average molecular weight is 195 g/mol. The van der Waals surface area contributed by atoms with E-state index >= 15 is 0 Å². The molecule has 0 aromatic carbocycles. The fourth-order valence-corrected chi connectivity index (χ4v) is 1.66. The molecule has 0 saturated carbocycles. The van der Waals surface area contributed by atoms with Crippen LogP contribution in [0.15, 0.2) is 0 Å². The summed E-state index contributed by atoms with van der Waals surface area (Å²) in [5.74, 6) is 0.445. The Hall–Kier alpha value is -1.08. The van der Waals surface area contributed by atoms with E-state index in [1.165, 1.54) is 0 Å². The van der Waals surface area contributed by atoms with Crippen molar-refractivity contribution in [2.24, 2.45) is 5.92 Å². The van der Waals surface area contributed by atoms with Gasteiger partial charge in [-0.15, -0.1) is 0 Å². The molecule has 4 nitrogen and oxygen atoms in total. The summed E-state index contributed by atoms with van der Waals surface area (Å²) in [6.45, 7) is 2.95. The zero-order chi connectivity index (χ0) is 10.4. The second-order valence-corrected chi connectivity index (χ2v) is 3.89. The molecule has 0 aromatic rings. The Bertz CT molecular complexity index is 226. The van der Waals surface area contributed by atoms with Gasteiger partial charge in [-0.2, -0.15) is 5.26 Å². The molecule has 0 radical (unpaired) electrons. The Morgan fingerprint density at radius 1 is 1.57 bits per heavy atom. The lowest BCUT2D eigenvalue weighted by Crippen LogP contribution is -2.36. The van der Waals surface area contributed by atoms with E-state index < -0.39 is 0 Å². The molecule has 0 aliphatic carbocycles. The van der Waals surface area contributed by atoms with Crippen molar-refractivity contribution in [2.75, 3.05) is 26.7 Å². The molecule has 1 rings (SSSR count). The molecule has 0 atom stereocenters. The first kappa shape index (κ1) is 11.0. The van der Waals surface area contributed by atoms with Crippen LogP contribution in [0.1, 0.15) is 19.3 Å². The van der Waals surface area contributed by atoms with Crippen molar-refractivity contribution >= 4 is 5.91 Å². The Morgan fingerprint density at radius 2 is 2.21 bits per heavy atom. The van der Waals surface area contributed by atoms with Gasteiger partial charge < -0.3 is 10.2 Å². The quantitative estimate of drug-likeness (QED) is 0.707. The minimum absolute atomic E-state index is 0.0212. The van der Waals surface area contributed by atoms with Crippen LogP contribution in [-0.2, 0) is 4.79 Å². The van der Waals surface area contributed by atoms with Crippen LogP contribution in [0.4, 0.5) is 0 Å². The topological polar surface area (TPSA) is 56.1 Å². The van der Waals surface area contributed by atoms with E-state index in [0.29, 0.717) is 5.92 Å². The molecular weight excluding hydrogens is 178 g/mol. The zero-order valence-corrected chi connectivity index (χ0v) is 8.62. The Balaban J connectivity index is 2.13. The summed E-state index contributed by atoms with van der Waals surface area (Å²) in [4.78, 5) is 13.3. The predicted octanol–water partition coefficient (Wildman–Crippen LogP) is 0.358. The zero-order valence-electron chi connectivity index (χ0n) is 8.62. The van der Waals surface area contributed by atoms with Crippen molar-refractivity contribution < 1.29 is 4.79 Å². The summed E-state index contributed by atoms with van der Waals surface area (Å²) >= 11 is 0. The molecule has 1 saturated heterocycles. The molecule has 0 spiro atoms. The minimum Gasteiger partial charge on any atom is -0.355 e. The van der Waals surface area contributed by atoms with Crippen LogP contribution in [0, 0.1) is 17.2 Å². The summed E-state index contributed by atoms with van der Waals surface area (Å²) in [5, 5.41) is 11.1. The molecular formula is C10H17N3O. The number of carbonyl (C=O) groups excluding carboxylic acids is 1. The van der Waals surface area contributed by atoms with E-state index in [1.807, 2.05) is 6.07 Å². The summed E-state index contributed by atoms with van der Waals surface area (Å²) in [5.41, 5.74) is 0. The normalized spacial score (nSPS) is 18.9. The van der Waals surface area contributed by atoms with Gasteiger partial charge in [-0.1, -0.05) is 0 Å². The highest BCUT2D eigenvalue weighted by atomic mass is 16.1. The first-order valence-corrected chi connectivity index (χ1v) is 5.04. The van der Waals surface area contributed by atoms with Gasteiger partial charge in [-0.05, 0) is 38.9 Å². The number of piperidine rings is 1. The van der Waals surface area contributed by atoms with E-state index in [-0.39, 0.29) is 12.3 Å². The van der Waals surface area contributed by atoms with Gasteiger partial charge in [0.1, 0.15) is 6.42 Å². The Kier molecular flexibility index (Phi) is 4.41. The van der Waals surface area contributed by atoms with E-state index in [4.69, 9.17) is 5.26 Å². The smallest absolute Gasteiger partial charge is 0.234 e. The van der Waals surface area contributed by atoms with Gasteiger partial charge in [-0.25, -0.2) is 0 Å². The van der Waals surface area contributed by atoms with Crippen LogP contribution < -0.4 is 5.32 Å². The summed E-state index contributed by atoms with van der Waals surface area (Å²) in [7, 11) is 2.12. The lowest BCUT2D eigenvalue weighted by Gasteiger charge is -2.28. The third-order valence-corrected chi connectivity index (χ3v) is 2.67. The highest BCUT2D eigenvalue weighted by molar-refractivity contribution is 5.77. The van der Waals surface area contributed by atoms with E-state index in [9.17, 15) is 4.79 Å². The summed E-state index contributed by atoms with van der Waals surface area (Å²) < 4.78 is 0. The maximum atomic E-state index is 11.0. The van der Waals surface area contributed by atoms with Gasteiger partial charge in [0.25, 0.3) is 0 Å². The number of likely N-dealkylation sites (tertiary alicyclic amines) is 1. The standard InChI is InChI=1S/C10H17N3O/c1-13-6-3-9(4-7-13)8-12-10(14)2-5-11/h9H,2-4,6-8H2,1H3,(H,12,14). The van der Waals surface area contributed by atoms with Crippen molar-refractivity contribution in [3.05, 3.63) is 0 Å². The number of carbonyl (C=O) groups is 1. The molecule has 1 fully saturated rings. The Morgan fingerprint density at radius 3 is 2.79 bits per heavy atom. The monoisotopic (exact) mass is 195 g/mol. The average Bonchev–Trinajstić information content (AvgIpc) is 2.17. The van der Waals surface area contributed by atoms with E-state index in [2.05, 4.69) is 17.3 Å². The molecule has 1 aliphatic rings. The molecule has 1 aliphatic heterocycles. The second-order valence-electron chi connectivity index (χ2n) is 3.89. The first-order chi connectivity index (χ1) is 6.72. The molecule has 78 valence electrons.